The molecule has 0 aliphatic heterocycles. The summed E-state index contributed by atoms with van der Waals surface area (Å²) >= 11 is 0. The summed E-state index contributed by atoms with van der Waals surface area (Å²) in [5.41, 5.74) is 4.36. The van der Waals surface area contributed by atoms with Crippen molar-refractivity contribution in [3.8, 4) is 0 Å². The molecule has 0 bridgehead atoms. The van der Waals surface area contributed by atoms with E-state index in [1.807, 2.05) is 30.3 Å². The SMILES string of the molecule is O=C(CCCNC1CCCCC12Cc1ccccc1C2)c1ccccc1. The lowest BCUT2D eigenvalue weighted by molar-refractivity contribution is 0.0975. The highest BCUT2D eigenvalue weighted by molar-refractivity contribution is 5.95. The first-order valence-corrected chi connectivity index (χ1v) is 10.2. The first kappa shape index (κ1) is 17.5. The fourth-order valence-corrected chi connectivity index (χ4v) is 5.06. The van der Waals surface area contributed by atoms with Crippen molar-refractivity contribution >= 4 is 5.78 Å². The number of hydrogen-bond donors (Lipinski definition) is 1. The molecule has 2 aliphatic rings. The molecule has 0 saturated heterocycles. The molecule has 1 spiro atoms. The third-order valence-electron chi connectivity index (χ3n) is 6.43. The van der Waals surface area contributed by atoms with Crippen molar-refractivity contribution in [1.82, 2.24) is 5.32 Å². The Hall–Kier alpha value is -1.93. The number of rotatable bonds is 6. The highest BCUT2D eigenvalue weighted by atomic mass is 16.1. The van der Waals surface area contributed by atoms with Crippen LogP contribution in [-0.2, 0) is 12.8 Å². The summed E-state index contributed by atoms with van der Waals surface area (Å²) in [6.07, 6.45) is 9.32. The maximum Gasteiger partial charge on any atom is 0.162 e. The fraction of sp³-hybridized carbons (Fsp3) is 0.458. The van der Waals surface area contributed by atoms with E-state index in [1.54, 1.807) is 11.1 Å². The van der Waals surface area contributed by atoms with Gasteiger partial charge < -0.3 is 5.32 Å². The minimum absolute atomic E-state index is 0.263. The number of hydrogen-bond acceptors (Lipinski definition) is 2. The van der Waals surface area contributed by atoms with Crippen LogP contribution in [0.1, 0.15) is 60.0 Å². The Morgan fingerprint density at radius 3 is 2.38 bits per heavy atom. The van der Waals surface area contributed by atoms with Crippen LogP contribution in [0, 0.1) is 5.41 Å². The van der Waals surface area contributed by atoms with Gasteiger partial charge in [0.25, 0.3) is 0 Å². The zero-order valence-electron chi connectivity index (χ0n) is 15.5. The maximum atomic E-state index is 12.3. The van der Waals surface area contributed by atoms with Gasteiger partial charge >= 0.3 is 0 Å². The van der Waals surface area contributed by atoms with Crippen LogP contribution in [0.4, 0.5) is 0 Å². The maximum absolute atomic E-state index is 12.3. The van der Waals surface area contributed by atoms with Crippen molar-refractivity contribution in [2.24, 2.45) is 5.41 Å². The summed E-state index contributed by atoms with van der Waals surface area (Å²) in [5, 5.41) is 3.84. The molecular weight excluding hydrogens is 318 g/mol. The smallest absolute Gasteiger partial charge is 0.162 e. The second kappa shape index (κ2) is 7.75. The van der Waals surface area contributed by atoms with Crippen LogP contribution < -0.4 is 5.32 Å². The summed E-state index contributed by atoms with van der Waals surface area (Å²) in [7, 11) is 0. The number of Topliss-reactive ketones (excluding diaryl/α,β-unsaturated/α-hetero) is 1. The van der Waals surface area contributed by atoms with Crippen molar-refractivity contribution in [1.29, 1.82) is 0 Å². The van der Waals surface area contributed by atoms with Crippen molar-refractivity contribution in [3.05, 3.63) is 71.3 Å². The van der Waals surface area contributed by atoms with Gasteiger partial charge in [0.05, 0.1) is 0 Å². The summed E-state index contributed by atoms with van der Waals surface area (Å²) in [6.45, 7) is 0.946. The van der Waals surface area contributed by atoms with Crippen molar-refractivity contribution in [2.45, 2.75) is 57.4 Å². The minimum atomic E-state index is 0.263. The second-order valence-corrected chi connectivity index (χ2v) is 8.13. The molecule has 2 aromatic rings. The lowest BCUT2D eigenvalue weighted by Gasteiger charge is -2.42. The van der Waals surface area contributed by atoms with E-state index in [-0.39, 0.29) is 5.78 Å². The number of nitrogens with one attached hydrogen (secondary N) is 1. The van der Waals surface area contributed by atoms with Gasteiger partial charge in [0.2, 0.25) is 0 Å². The van der Waals surface area contributed by atoms with Crippen LogP contribution in [0.25, 0.3) is 0 Å². The number of ketones is 1. The summed E-state index contributed by atoms with van der Waals surface area (Å²) in [5.74, 6) is 0.263. The van der Waals surface area contributed by atoms with Gasteiger partial charge in [-0.1, -0.05) is 67.4 Å². The lowest BCUT2D eigenvalue weighted by Crippen LogP contribution is -2.48. The molecule has 1 atom stereocenters. The van der Waals surface area contributed by atoms with Gasteiger partial charge in [0.15, 0.2) is 5.78 Å². The predicted molar refractivity (Wildman–Crippen MR) is 107 cm³/mol. The van der Waals surface area contributed by atoms with E-state index >= 15 is 0 Å². The molecule has 26 heavy (non-hydrogen) atoms. The Labute approximate surface area is 157 Å². The fourth-order valence-electron chi connectivity index (χ4n) is 5.06. The Balaban J connectivity index is 1.32. The van der Waals surface area contributed by atoms with Crippen LogP contribution in [0.3, 0.4) is 0 Å². The third-order valence-corrected chi connectivity index (χ3v) is 6.43. The molecule has 1 fully saturated rings. The summed E-state index contributed by atoms with van der Waals surface area (Å²) in [4.78, 5) is 12.3. The van der Waals surface area contributed by atoms with Crippen molar-refractivity contribution in [2.75, 3.05) is 6.54 Å². The van der Waals surface area contributed by atoms with Crippen LogP contribution in [0.2, 0.25) is 0 Å². The van der Waals surface area contributed by atoms with E-state index in [4.69, 9.17) is 0 Å². The first-order chi connectivity index (χ1) is 12.8. The van der Waals surface area contributed by atoms with Gasteiger partial charge in [-0.15, -0.1) is 0 Å². The van der Waals surface area contributed by atoms with Crippen LogP contribution in [-0.4, -0.2) is 18.4 Å². The van der Waals surface area contributed by atoms with Gasteiger partial charge in [0, 0.05) is 18.0 Å². The molecule has 4 rings (SSSR count). The highest BCUT2D eigenvalue weighted by Crippen LogP contribution is 2.47. The Morgan fingerprint density at radius 2 is 1.65 bits per heavy atom. The molecule has 0 radical (unpaired) electrons. The second-order valence-electron chi connectivity index (χ2n) is 8.13. The molecule has 0 aromatic heterocycles. The average molecular weight is 348 g/mol. The monoisotopic (exact) mass is 347 g/mol. The normalized spacial score (nSPS) is 20.8. The molecule has 2 heteroatoms. The third kappa shape index (κ3) is 3.61. The Bertz CT molecular complexity index is 727. The minimum Gasteiger partial charge on any atom is -0.313 e. The first-order valence-electron chi connectivity index (χ1n) is 10.2. The van der Waals surface area contributed by atoms with Crippen LogP contribution in [0.5, 0.6) is 0 Å². The van der Waals surface area contributed by atoms with Gasteiger partial charge in [-0.25, -0.2) is 0 Å². The number of benzene rings is 2. The van der Waals surface area contributed by atoms with E-state index in [0.717, 1.165) is 18.5 Å². The number of fused-ring (bicyclic) bond motifs is 1. The molecule has 1 saturated carbocycles. The summed E-state index contributed by atoms with van der Waals surface area (Å²) in [6, 6.07) is 19.3. The standard InChI is InChI=1S/C24H29NO/c26-22(19-9-2-1-3-10-19)13-8-16-25-23-14-6-7-15-24(23)17-20-11-4-5-12-21(20)18-24/h1-5,9-12,23,25H,6-8,13-18H2. The van der Waals surface area contributed by atoms with Crippen molar-refractivity contribution in [3.63, 3.8) is 0 Å². The van der Waals surface area contributed by atoms with E-state index in [0.29, 0.717) is 17.9 Å². The average Bonchev–Trinajstić information content (AvgIpc) is 3.05. The van der Waals surface area contributed by atoms with Crippen LogP contribution in [0.15, 0.2) is 54.6 Å². The number of carbonyl (C=O) groups excluding carboxylic acids is 1. The topological polar surface area (TPSA) is 29.1 Å². The van der Waals surface area contributed by atoms with Gasteiger partial charge in [-0.05, 0) is 55.2 Å². The molecule has 1 N–H and O–H groups in total. The van der Waals surface area contributed by atoms with Gasteiger partial charge in [-0.2, -0.15) is 0 Å². The van der Waals surface area contributed by atoms with Crippen LogP contribution >= 0.6 is 0 Å². The molecular formula is C24H29NO. The molecule has 1 unspecified atom stereocenters. The van der Waals surface area contributed by atoms with E-state index in [2.05, 4.69) is 29.6 Å². The summed E-state index contributed by atoms with van der Waals surface area (Å²) < 4.78 is 0. The van der Waals surface area contributed by atoms with E-state index in [9.17, 15) is 4.79 Å². The number of carbonyl (C=O) groups is 1. The predicted octanol–water partition coefficient (Wildman–Crippen LogP) is 4.97. The largest absolute Gasteiger partial charge is 0.313 e. The lowest BCUT2D eigenvalue weighted by atomic mass is 9.68. The molecule has 2 nitrogen and oxygen atoms in total. The van der Waals surface area contributed by atoms with Gasteiger partial charge in [0.1, 0.15) is 0 Å². The highest BCUT2D eigenvalue weighted by Gasteiger charge is 2.44. The molecule has 2 aliphatic carbocycles. The molecule has 0 heterocycles. The van der Waals surface area contributed by atoms with Gasteiger partial charge in [-0.3, -0.25) is 4.79 Å². The molecule has 0 amide bonds. The van der Waals surface area contributed by atoms with Crippen molar-refractivity contribution < 1.29 is 4.79 Å². The molecule has 136 valence electrons. The Morgan fingerprint density at radius 1 is 0.962 bits per heavy atom. The van der Waals surface area contributed by atoms with E-state index in [1.165, 1.54) is 38.5 Å². The Kier molecular flexibility index (Phi) is 5.21. The molecule has 2 aromatic carbocycles. The zero-order chi connectivity index (χ0) is 17.8. The van der Waals surface area contributed by atoms with E-state index < -0.39 is 0 Å². The quantitative estimate of drug-likeness (QED) is 0.591. The zero-order valence-corrected chi connectivity index (χ0v) is 15.5.